The van der Waals surface area contributed by atoms with Gasteiger partial charge in [0.1, 0.15) is 11.5 Å². The molecule has 0 aliphatic carbocycles. The molecule has 0 radical (unpaired) electrons. The van der Waals surface area contributed by atoms with Crippen LogP contribution < -0.4 is 24.8 Å². The number of halogens is 1. The lowest BCUT2D eigenvalue weighted by atomic mass is 10.1. The Labute approximate surface area is 266 Å². The first-order chi connectivity index (χ1) is 21.6. The van der Waals surface area contributed by atoms with Crippen LogP contribution in [0, 0.1) is 6.92 Å². The Kier molecular flexibility index (Phi) is 9.82. The van der Waals surface area contributed by atoms with Crippen LogP contribution in [0.3, 0.4) is 0 Å². The molecule has 1 heterocycles. The number of rotatable bonds is 13. The number of benzene rings is 4. The molecule has 0 saturated heterocycles. The average molecular weight is 646 g/mol. The largest absolute Gasteiger partial charge is 0.497 e. The fourth-order valence-corrected chi connectivity index (χ4v) is 5.85. The molecule has 45 heavy (non-hydrogen) atoms. The van der Waals surface area contributed by atoms with Gasteiger partial charge in [0.15, 0.2) is 17.4 Å². The molecular weight excluding hydrogens is 614 g/mol. The minimum Gasteiger partial charge on any atom is -0.497 e. The number of para-hydroxylation sites is 2. The van der Waals surface area contributed by atoms with Gasteiger partial charge in [-0.2, -0.15) is 0 Å². The molecule has 5 rings (SSSR count). The number of nitrogens with zero attached hydrogens (tertiary/aromatic N) is 2. The Morgan fingerprint density at radius 1 is 0.822 bits per heavy atom. The second-order valence-electron chi connectivity index (χ2n) is 10.3. The van der Waals surface area contributed by atoms with Crippen LogP contribution >= 0.6 is 11.6 Å². The van der Waals surface area contributed by atoms with Crippen LogP contribution in [0.4, 0.5) is 17.3 Å². The van der Waals surface area contributed by atoms with Gasteiger partial charge in [0.25, 0.3) is 10.0 Å². The summed E-state index contributed by atoms with van der Waals surface area (Å²) in [4.78, 5) is 21.9. The van der Waals surface area contributed by atoms with E-state index in [4.69, 9.17) is 21.1 Å². The smallest absolute Gasteiger partial charge is 0.263 e. The third kappa shape index (κ3) is 8.07. The Bertz CT molecular complexity index is 1950. The molecule has 0 unspecified atom stereocenters. The monoisotopic (exact) mass is 645 g/mol. The molecule has 0 aliphatic rings. The topological polar surface area (TPSA) is 132 Å². The van der Waals surface area contributed by atoms with Gasteiger partial charge in [0.05, 0.1) is 36.7 Å². The lowest BCUT2D eigenvalue weighted by Crippen LogP contribution is -2.24. The second-order valence-corrected chi connectivity index (χ2v) is 12.4. The molecule has 5 aromatic rings. The number of ketones is 1. The van der Waals surface area contributed by atoms with Crippen molar-refractivity contribution in [2.45, 2.75) is 24.8 Å². The quantitative estimate of drug-likeness (QED) is 0.140. The van der Waals surface area contributed by atoms with Crippen LogP contribution in [0.15, 0.2) is 89.8 Å². The van der Waals surface area contributed by atoms with Crippen molar-refractivity contribution in [2.24, 2.45) is 0 Å². The number of aromatic nitrogens is 2. The zero-order valence-electron chi connectivity index (χ0n) is 24.9. The highest BCUT2D eigenvalue weighted by Crippen LogP contribution is 2.31. The highest BCUT2D eigenvalue weighted by atomic mass is 35.5. The van der Waals surface area contributed by atoms with Crippen molar-refractivity contribution in [1.29, 1.82) is 0 Å². The SMILES string of the molecule is COc1cc(Nc2nc3ccccc3nc2NS(=O)(=O)c2cccc(CC(=O)CNCc3ccc(C)c(Cl)c3)c2)cc(OC)c1. The highest BCUT2D eigenvalue weighted by Gasteiger charge is 2.20. The molecule has 3 N–H and O–H groups in total. The molecule has 1 aromatic heterocycles. The van der Waals surface area contributed by atoms with Gasteiger partial charge >= 0.3 is 0 Å². The summed E-state index contributed by atoms with van der Waals surface area (Å²) < 4.78 is 40.5. The summed E-state index contributed by atoms with van der Waals surface area (Å²) in [6, 6.07) is 24.3. The number of ether oxygens (including phenoxy) is 2. The summed E-state index contributed by atoms with van der Waals surface area (Å²) in [6.45, 7) is 2.53. The molecule has 232 valence electrons. The lowest BCUT2D eigenvalue weighted by Gasteiger charge is -2.15. The van der Waals surface area contributed by atoms with Crippen molar-refractivity contribution >= 4 is 55.8 Å². The Hall–Kier alpha value is -4.71. The third-order valence-electron chi connectivity index (χ3n) is 6.91. The number of hydrogen-bond donors (Lipinski definition) is 3. The van der Waals surface area contributed by atoms with Crippen LogP contribution in [0.2, 0.25) is 5.02 Å². The van der Waals surface area contributed by atoms with Crippen LogP contribution in [-0.2, 0) is 27.8 Å². The molecule has 10 nitrogen and oxygen atoms in total. The van der Waals surface area contributed by atoms with E-state index in [1.54, 1.807) is 48.5 Å². The maximum Gasteiger partial charge on any atom is 0.263 e. The minimum absolute atomic E-state index is 0.00243. The predicted molar refractivity (Wildman–Crippen MR) is 176 cm³/mol. The Morgan fingerprint density at radius 2 is 1.51 bits per heavy atom. The van der Waals surface area contributed by atoms with Crippen LogP contribution in [0.25, 0.3) is 11.0 Å². The van der Waals surface area contributed by atoms with Crippen molar-refractivity contribution in [3.05, 3.63) is 107 Å². The van der Waals surface area contributed by atoms with Gasteiger partial charge in [-0.3, -0.25) is 9.52 Å². The lowest BCUT2D eigenvalue weighted by molar-refractivity contribution is -0.117. The first-order valence-corrected chi connectivity index (χ1v) is 15.9. The van der Waals surface area contributed by atoms with E-state index in [-0.39, 0.29) is 35.3 Å². The first kappa shape index (κ1) is 31.7. The van der Waals surface area contributed by atoms with Crippen molar-refractivity contribution in [1.82, 2.24) is 15.3 Å². The number of carbonyl (C=O) groups is 1. The number of methoxy groups -OCH3 is 2. The molecule has 0 fully saturated rings. The zero-order chi connectivity index (χ0) is 32.0. The number of Topliss-reactive ketones (excluding diaryl/α,β-unsaturated/α-hetero) is 1. The van der Waals surface area contributed by atoms with Gasteiger partial charge in [0, 0.05) is 41.9 Å². The van der Waals surface area contributed by atoms with Gasteiger partial charge < -0.3 is 20.1 Å². The molecule has 0 atom stereocenters. The number of carbonyl (C=O) groups excluding carboxylic acids is 1. The average Bonchev–Trinajstić information content (AvgIpc) is 3.02. The summed E-state index contributed by atoms with van der Waals surface area (Å²) in [5.41, 5.74) is 4.14. The van der Waals surface area contributed by atoms with E-state index in [9.17, 15) is 13.2 Å². The van der Waals surface area contributed by atoms with Crippen molar-refractivity contribution in [2.75, 3.05) is 30.8 Å². The van der Waals surface area contributed by atoms with E-state index in [1.165, 1.54) is 26.4 Å². The van der Waals surface area contributed by atoms with E-state index < -0.39 is 10.0 Å². The fraction of sp³-hybridized carbons (Fsp3) is 0.182. The number of aryl methyl sites for hydroxylation is 1. The van der Waals surface area contributed by atoms with Crippen molar-refractivity contribution in [3.63, 3.8) is 0 Å². The fourth-order valence-electron chi connectivity index (χ4n) is 4.57. The summed E-state index contributed by atoms with van der Waals surface area (Å²) in [7, 11) is -1.05. The van der Waals surface area contributed by atoms with Crippen LogP contribution in [-0.4, -0.2) is 44.9 Å². The van der Waals surface area contributed by atoms with Gasteiger partial charge in [-0.15, -0.1) is 0 Å². The zero-order valence-corrected chi connectivity index (χ0v) is 26.5. The molecule has 12 heteroatoms. The minimum atomic E-state index is -4.12. The molecule has 0 aliphatic heterocycles. The Balaban J connectivity index is 1.34. The van der Waals surface area contributed by atoms with Gasteiger partial charge in [-0.25, -0.2) is 18.4 Å². The van der Waals surface area contributed by atoms with Gasteiger partial charge in [0.2, 0.25) is 0 Å². The van der Waals surface area contributed by atoms with Crippen LogP contribution in [0.1, 0.15) is 16.7 Å². The van der Waals surface area contributed by atoms with E-state index in [0.717, 1.165) is 11.1 Å². The normalized spacial score (nSPS) is 11.3. The molecule has 0 spiro atoms. The maximum atomic E-state index is 13.6. The van der Waals surface area contributed by atoms with E-state index >= 15 is 0 Å². The number of nitrogens with one attached hydrogen (secondary N) is 3. The summed E-state index contributed by atoms with van der Waals surface area (Å²) >= 11 is 6.19. The summed E-state index contributed by atoms with van der Waals surface area (Å²) in [5, 5.41) is 6.94. The van der Waals surface area contributed by atoms with Gasteiger partial charge in [-0.1, -0.05) is 48.0 Å². The number of anilines is 3. The number of sulfonamides is 1. The standard InChI is InChI=1S/C33H32ClN5O5S/c1-21-11-12-23(15-29(21)34)19-35-20-25(40)13-22-7-6-8-28(14-22)45(41,42)39-33-32(37-30-9-4-5-10-31(30)38-33)36-24-16-26(43-2)18-27(17-24)44-3/h4-12,14-18,35H,13,19-20H2,1-3H3,(H,36,37)(H,38,39). The first-order valence-electron chi connectivity index (χ1n) is 14.0. The number of hydrogen-bond acceptors (Lipinski definition) is 9. The molecule has 0 saturated carbocycles. The van der Waals surface area contributed by atoms with E-state index in [1.807, 2.05) is 31.2 Å². The molecule has 0 bridgehead atoms. The second kappa shape index (κ2) is 13.9. The van der Waals surface area contributed by atoms with Crippen LogP contribution in [0.5, 0.6) is 11.5 Å². The highest BCUT2D eigenvalue weighted by molar-refractivity contribution is 7.92. The van der Waals surface area contributed by atoms with E-state index in [2.05, 4.69) is 25.3 Å². The summed E-state index contributed by atoms with van der Waals surface area (Å²) in [6.07, 6.45) is 0.0608. The molecular formula is C33H32ClN5O5S. The number of fused-ring (bicyclic) bond motifs is 1. The van der Waals surface area contributed by atoms with Crippen molar-refractivity contribution in [3.8, 4) is 11.5 Å². The predicted octanol–water partition coefficient (Wildman–Crippen LogP) is 6.05. The summed E-state index contributed by atoms with van der Waals surface area (Å²) in [5.74, 6) is 1.16. The Morgan fingerprint density at radius 3 is 2.18 bits per heavy atom. The maximum absolute atomic E-state index is 13.6. The molecule has 0 amide bonds. The third-order valence-corrected chi connectivity index (χ3v) is 8.66. The van der Waals surface area contributed by atoms with E-state index in [0.29, 0.717) is 45.4 Å². The van der Waals surface area contributed by atoms with Crippen molar-refractivity contribution < 1.29 is 22.7 Å². The van der Waals surface area contributed by atoms with Gasteiger partial charge in [-0.05, 0) is 53.9 Å². The molecule has 4 aromatic carbocycles.